The average Bonchev–Trinajstić information content (AvgIpc) is 2.68. The number of nitrogens with zero attached hydrogens (tertiary/aromatic N) is 1. The molecule has 0 N–H and O–H groups in total. The quantitative estimate of drug-likeness (QED) is 0.734. The predicted octanol–water partition coefficient (Wildman–Crippen LogP) is 3.33. The van der Waals surface area contributed by atoms with Crippen molar-refractivity contribution in [1.29, 1.82) is 0 Å². The minimum Gasteiger partial charge on any atom is -0.289 e. The molecule has 1 aliphatic carbocycles. The van der Waals surface area contributed by atoms with Gasteiger partial charge in [0.05, 0.1) is 0 Å². The summed E-state index contributed by atoms with van der Waals surface area (Å²) in [4.78, 5) is 16.1. The zero-order chi connectivity index (χ0) is 11.7. The molecule has 0 spiro atoms. The van der Waals surface area contributed by atoms with Gasteiger partial charge in [-0.3, -0.25) is 9.78 Å². The molecule has 3 rings (SSSR count). The third kappa shape index (κ3) is 2.20. The molecule has 1 heterocycles. The second-order valence-corrected chi connectivity index (χ2v) is 4.11. The van der Waals surface area contributed by atoms with E-state index in [1.807, 2.05) is 42.5 Å². The monoisotopic (exact) mass is 257 g/mol. The highest BCUT2D eigenvalue weighted by Crippen LogP contribution is 2.27. The summed E-state index contributed by atoms with van der Waals surface area (Å²) >= 11 is 0. The van der Waals surface area contributed by atoms with Crippen LogP contribution in [0, 0.1) is 0 Å². The van der Waals surface area contributed by atoms with E-state index in [1.54, 1.807) is 12.4 Å². The highest BCUT2D eigenvalue weighted by molar-refractivity contribution is 6.15. The molecular weight excluding hydrogens is 246 g/mol. The summed E-state index contributed by atoms with van der Waals surface area (Å²) in [5.74, 6) is 0.150. The summed E-state index contributed by atoms with van der Waals surface area (Å²) in [6.45, 7) is 0. The maximum Gasteiger partial charge on any atom is 0.189 e. The van der Waals surface area contributed by atoms with Crippen LogP contribution in [0.25, 0.3) is 6.08 Å². The summed E-state index contributed by atoms with van der Waals surface area (Å²) < 4.78 is 0. The van der Waals surface area contributed by atoms with Crippen LogP contribution in [-0.2, 0) is 6.42 Å². The Balaban J connectivity index is 0.00000120. The fourth-order valence-corrected chi connectivity index (χ4v) is 2.13. The van der Waals surface area contributed by atoms with Gasteiger partial charge >= 0.3 is 0 Å². The number of pyridine rings is 1. The van der Waals surface area contributed by atoms with E-state index in [4.69, 9.17) is 0 Å². The SMILES string of the molecule is Cl.O=C1/C(=C/c2ccncc2)Cc2ccccc21. The zero-order valence-electron chi connectivity index (χ0n) is 9.67. The van der Waals surface area contributed by atoms with E-state index in [2.05, 4.69) is 4.98 Å². The summed E-state index contributed by atoms with van der Waals surface area (Å²) in [7, 11) is 0. The highest BCUT2D eigenvalue weighted by atomic mass is 35.5. The molecule has 0 fully saturated rings. The van der Waals surface area contributed by atoms with Gasteiger partial charge in [0.25, 0.3) is 0 Å². The normalized spacial score (nSPS) is 15.3. The summed E-state index contributed by atoms with van der Waals surface area (Å²) in [5.41, 5.74) is 3.85. The van der Waals surface area contributed by atoms with Gasteiger partial charge in [0, 0.05) is 30.0 Å². The zero-order valence-corrected chi connectivity index (χ0v) is 10.5. The molecule has 2 nitrogen and oxygen atoms in total. The molecule has 0 radical (unpaired) electrons. The minimum absolute atomic E-state index is 0. The van der Waals surface area contributed by atoms with Crippen LogP contribution in [-0.4, -0.2) is 10.8 Å². The smallest absolute Gasteiger partial charge is 0.189 e. The molecule has 2 aromatic rings. The maximum atomic E-state index is 12.1. The van der Waals surface area contributed by atoms with Crippen LogP contribution in [0.1, 0.15) is 21.5 Å². The average molecular weight is 258 g/mol. The number of aromatic nitrogens is 1. The van der Waals surface area contributed by atoms with Crippen molar-refractivity contribution in [2.24, 2.45) is 0 Å². The molecular formula is C15H12ClNO. The summed E-state index contributed by atoms with van der Waals surface area (Å²) in [6.07, 6.45) is 6.15. The Morgan fingerprint density at radius 1 is 1.06 bits per heavy atom. The van der Waals surface area contributed by atoms with Gasteiger partial charge in [-0.05, 0) is 29.3 Å². The van der Waals surface area contributed by atoms with E-state index in [0.717, 1.165) is 28.7 Å². The van der Waals surface area contributed by atoms with Gasteiger partial charge in [-0.2, -0.15) is 0 Å². The van der Waals surface area contributed by atoms with Crippen LogP contribution in [0.4, 0.5) is 0 Å². The third-order valence-electron chi connectivity index (χ3n) is 2.98. The largest absolute Gasteiger partial charge is 0.289 e. The van der Waals surface area contributed by atoms with Gasteiger partial charge in [0.1, 0.15) is 0 Å². The molecule has 1 aliphatic rings. The van der Waals surface area contributed by atoms with E-state index >= 15 is 0 Å². The lowest BCUT2D eigenvalue weighted by atomic mass is 10.1. The Labute approximate surface area is 112 Å². The number of fused-ring (bicyclic) bond motifs is 1. The van der Waals surface area contributed by atoms with Crippen LogP contribution in [0.2, 0.25) is 0 Å². The Bertz CT molecular complexity index is 605. The van der Waals surface area contributed by atoms with Crippen molar-refractivity contribution in [2.45, 2.75) is 6.42 Å². The fraction of sp³-hybridized carbons (Fsp3) is 0.0667. The van der Waals surface area contributed by atoms with E-state index in [0.29, 0.717) is 0 Å². The van der Waals surface area contributed by atoms with Crippen molar-refractivity contribution in [2.75, 3.05) is 0 Å². The van der Waals surface area contributed by atoms with Crippen LogP contribution in [0.5, 0.6) is 0 Å². The second-order valence-electron chi connectivity index (χ2n) is 4.11. The molecule has 3 heteroatoms. The number of hydrogen-bond donors (Lipinski definition) is 0. The number of halogens is 1. The van der Waals surface area contributed by atoms with Crippen LogP contribution < -0.4 is 0 Å². The predicted molar refractivity (Wildman–Crippen MR) is 73.9 cm³/mol. The van der Waals surface area contributed by atoms with Gasteiger partial charge in [-0.1, -0.05) is 24.3 Å². The lowest BCUT2D eigenvalue weighted by Crippen LogP contribution is -1.94. The van der Waals surface area contributed by atoms with Crippen LogP contribution in [0.15, 0.2) is 54.4 Å². The van der Waals surface area contributed by atoms with Crippen molar-refractivity contribution in [3.63, 3.8) is 0 Å². The first-order valence-electron chi connectivity index (χ1n) is 5.58. The lowest BCUT2D eigenvalue weighted by Gasteiger charge is -1.95. The molecule has 0 saturated heterocycles. The minimum atomic E-state index is 0. The van der Waals surface area contributed by atoms with Crippen molar-refractivity contribution in [1.82, 2.24) is 4.98 Å². The number of carbonyl (C=O) groups is 1. The standard InChI is InChI=1S/C15H11NO.ClH/c17-15-13(9-11-5-7-16-8-6-11)10-12-3-1-2-4-14(12)15;/h1-9H,10H2;1H/b13-9+;. The molecule has 0 saturated carbocycles. The Morgan fingerprint density at radius 3 is 2.50 bits per heavy atom. The Morgan fingerprint density at radius 2 is 1.78 bits per heavy atom. The molecule has 1 aromatic carbocycles. The number of Topliss-reactive ketones (excluding diaryl/α,β-unsaturated/α-hetero) is 1. The van der Waals surface area contributed by atoms with E-state index in [-0.39, 0.29) is 18.2 Å². The first-order valence-corrected chi connectivity index (χ1v) is 5.58. The van der Waals surface area contributed by atoms with E-state index in [9.17, 15) is 4.79 Å². The lowest BCUT2D eigenvalue weighted by molar-refractivity contribution is 0.104. The van der Waals surface area contributed by atoms with Gasteiger partial charge in [-0.15, -0.1) is 12.4 Å². The molecule has 18 heavy (non-hydrogen) atoms. The summed E-state index contributed by atoms with van der Waals surface area (Å²) in [5, 5.41) is 0. The van der Waals surface area contributed by atoms with E-state index in [1.165, 1.54) is 0 Å². The number of carbonyl (C=O) groups excluding carboxylic acids is 1. The van der Waals surface area contributed by atoms with Gasteiger partial charge < -0.3 is 0 Å². The van der Waals surface area contributed by atoms with Crippen LogP contribution in [0.3, 0.4) is 0 Å². The molecule has 0 amide bonds. The highest BCUT2D eigenvalue weighted by Gasteiger charge is 2.23. The maximum absolute atomic E-state index is 12.1. The summed E-state index contributed by atoms with van der Waals surface area (Å²) in [6, 6.07) is 11.6. The molecule has 0 bridgehead atoms. The number of rotatable bonds is 1. The second kappa shape index (κ2) is 5.15. The van der Waals surface area contributed by atoms with Crippen molar-refractivity contribution in [3.05, 3.63) is 71.1 Å². The topological polar surface area (TPSA) is 30.0 Å². The molecule has 0 atom stereocenters. The number of hydrogen-bond acceptors (Lipinski definition) is 2. The molecule has 90 valence electrons. The van der Waals surface area contributed by atoms with Gasteiger partial charge in [-0.25, -0.2) is 0 Å². The van der Waals surface area contributed by atoms with Crippen molar-refractivity contribution < 1.29 is 4.79 Å². The van der Waals surface area contributed by atoms with Crippen LogP contribution >= 0.6 is 12.4 Å². The van der Waals surface area contributed by atoms with Gasteiger partial charge in [0.2, 0.25) is 0 Å². The number of benzene rings is 1. The third-order valence-corrected chi connectivity index (χ3v) is 2.98. The first kappa shape index (κ1) is 12.5. The first-order chi connectivity index (χ1) is 8.34. The fourth-order valence-electron chi connectivity index (χ4n) is 2.13. The van der Waals surface area contributed by atoms with Gasteiger partial charge in [0.15, 0.2) is 5.78 Å². The number of ketones is 1. The Hall–Kier alpha value is -1.93. The Kier molecular flexibility index (Phi) is 3.58. The van der Waals surface area contributed by atoms with E-state index < -0.39 is 0 Å². The van der Waals surface area contributed by atoms with Crippen molar-refractivity contribution in [3.8, 4) is 0 Å². The number of allylic oxidation sites excluding steroid dienone is 1. The molecule has 0 aliphatic heterocycles. The molecule has 0 unspecified atom stereocenters. The molecule has 1 aromatic heterocycles. The van der Waals surface area contributed by atoms with Crippen molar-refractivity contribution >= 4 is 24.3 Å².